The van der Waals surface area contributed by atoms with Crippen molar-refractivity contribution >= 4 is 11.6 Å². The molecule has 4 nitrogen and oxygen atoms in total. The SMILES string of the molecule is CC/C(=N/NC(=O)c1ccccn1)c1ccc(F)cc1. The summed E-state index contributed by atoms with van der Waals surface area (Å²) in [6.45, 7) is 1.91. The average Bonchev–Trinajstić information content (AvgIpc) is 2.50. The van der Waals surface area contributed by atoms with Crippen LogP contribution in [0.5, 0.6) is 0 Å². The lowest BCUT2D eigenvalue weighted by Crippen LogP contribution is -2.20. The summed E-state index contributed by atoms with van der Waals surface area (Å²) in [6.07, 6.45) is 2.16. The molecule has 0 spiro atoms. The predicted octanol–water partition coefficient (Wildman–Crippen LogP) is 2.76. The summed E-state index contributed by atoms with van der Waals surface area (Å²) in [7, 11) is 0. The normalized spacial score (nSPS) is 11.2. The van der Waals surface area contributed by atoms with Crippen LogP contribution in [0.15, 0.2) is 53.8 Å². The van der Waals surface area contributed by atoms with Gasteiger partial charge in [-0.3, -0.25) is 9.78 Å². The van der Waals surface area contributed by atoms with Gasteiger partial charge in [-0.25, -0.2) is 9.82 Å². The third kappa shape index (κ3) is 3.47. The molecule has 1 amide bonds. The second-order valence-corrected chi connectivity index (χ2v) is 4.07. The number of aromatic nitrogens is 1. The number of hydrogen-bond donors (Lipinski definition) is 1. The second-order valence-electron chi connectivity index (χ2n) is 4.07. The fourth-order valence-corrected chi connectivity index (χ4v) is 1.66. The van der Waals surface area contributed by atoms with E-state index in [4.69, 9.17) is 0 Å². The van der Waals surface area contributed by atoms with Crippen LogP contribution < -0.4 is 5.43 Å². The number of nitrogens with one attached hydrogen (secondary N) is 1. The number of carbonyl (C=O) groups excluding carboxylic acids is 1. The molecule has 5 heteroatoms. The lowest BCUT2D eigenvalue weighted by molar-refractivity contribution is 0.0950. The maximum atomic E-state index is 12.9. The van der Waals surface area contributed by atoms with Gasteiger partial charge in [0, 0.05) is 6.20 Å². The molecule has 0 aliphatic carbocycles. The summed E-state index contributed by atoms with van der Waals surface area (Å²) in [5.41, 5.74) is 4.20. The molecule has 0 atom stereocenters. The van der Waals surface area contributed by atoms with E-state index in [1.807, 2.05) is 6.92 Å². The van der Waals surface area contributed by atoms with Gasteiger partial charge in [0.25, 0.3) is 5.91 Å². The molecule has 1 aromatic carbocycles. The number of rotatable bonds is 4. The van der Waals surface area contributed by atoms with E-state index in [9.17, 15) is 9.18 Å². The first-order chi connectivity index (χ1) is 9.70. The molecule has 1 N–H and O–H groups in total. The molecular formula is C15H14FN3O. The highest BCUT2D eigenvalue weighted by Gasteiger charge is 2.06. The van der Waals surface area contributed by atoms with Crippen molar-refractivity contribution in [1.82, 2.24) is 10.4 Å². The van der Waals surface area contributed by atoms with Crippen molar-refractivity contribution in [3.63, 3.8) is 0 Å². The zero-order valence-electron chi connectivity index (χ0n) is 11.0. The molecule has 0 aliphatic heterocycles. The predicted molar refractivity (Wildman–Crippen MR) is 74.9 cm³/mol. The van der Waals surface area contributed by atoms with Crippen molar-refractivity contribution in [2.24, 2.45) is 5.10 Å². The van der Waals surface area contributed by atoms with Gasteiger partial charge in [0.1, 0.15) is 11.5 Å². The van der Waals surface area contributed by atoms with Gasteiger partial charge < -0.3 is 0 Å². The van der Waals surface area contributed by atoms with Gasteiger partial charge >= 0.3 is 0 Å². The number of pyridine rings is 1. The highest BCUT2D eigenvalue weighted by molar-refractivity contribution is 6.01. The molecule has 0 radical (unpaired) electrons. The third-order valence-electron chi connectivity index (χ3n) is 2.70. The summed E-state index contributed by atoms with van der Waals surface area (Å²) in [4.78, 5) is 15.7. The first-order valence-electron chi connectivity index (χ1n) is 6.24. The Labute approximate surface area is 116 Å². The van der Waals surface area contributed by atoms with E-state index in [2.05, 4.69) is 15.5 Å². The Balaban J connectivity index is 2.12. The van der Waals surface area contributed by atoms with Crippen LogP contribution in [-0.4, -0.2) is 16.6 Å². The van der Waals surface area contributed by atoms with E-state index in [0.29, 0.717) is 17.8 Å². The van der Waals surface area contributed by atoms with Gasteiger partial charge in [0.15, 0.2) is 0 Å². The largest absolute Gasteiger partial charge is 0.289 e. The number of nitrogens with zero attached hydrogens (tertiary/aromatic N) is 2. The minimum atomic E-state index is -0.376. The molecule has 2 rings (SSSR count). The van der Waals surface area contributed by atoms with Crippen molar-refractivity contribution in [3.8, 4) is 0 Å². The molecule has 0 bridgehead atoms. The van der Waals surface area contributed by atoms with E-state index >= 15 is 0 Å². The topological polar surface area (TPSA) is 54.4 Å². The fraction of sp³-hybridized carbons (Fsp3) is 0.133. The number of hydrogen-bond acceptors (Lipinski definition) is 3. The summed E-state index contributed by atoms with van der Waals surface area (Å²) in [5.74, 6) is -0.680. The molecule has 0 fully saturated rings. The van der Waals surface area contributed by atoms with Gasteiger partial charge in [-0.2, -0.15) is 5.10 Å². The number of amides is 1. The molecule has 0 aliphatic rings. The molecule has 1 aromatic heterocycles. The lowest BCUT2D eigenvalue weighted by Gasteiger charge is -2.05. The standard InChI is InChI=1S/C15H14FN3O/c1-2-13(11-6-8-12(16)9-7-11)18-19-15(20)14-5-3-4-10-17-14/h3-10H,2H2,1H3,(H,19,20)/b18-13-. The van der Waals surface area contributed by atoms with Crippen LogP contribution in [0.2, 0.25) is 0 Å². The van der Waals surface area contributed by atoms with E-state index in [1.165, 1.54) is 12.1 Å². The van der Waals surface area contributed by atoms with E-state index in [-0.39, 0.29) is 11.7 Å². The molecule has 102 valence electrons. The molecule has 0 saturated heterocycles. The number of hydrazone groups is 1. The maximum Gasteiger partial charge on any atom is 0.289 e. The summed E-state index contributed by atoms with van der Waals surface area (Å²) >= 11 is 0. The van der Waals surface area contributed by atoms with Crippen molar-refractivity contribution < 1.29 is 9.18 Å². The fourth-order valence-electron chi connectivity index (χ4n) is 1.66. The summed E-state index contributed by atoms with van der Waals surface area (Å²) in [5, 5.41) is 4.07. The molecule has 0 saturated carbocycles. The number of halogens is 1. The first kappa shape index (κ1) is 13.9. The molecule has 1 heterocycles. The Morgan fingerprint density at radius 3 is 2.60 bits per heavy atom. The van der Waals surface area contributed by atoms with Crippen LogP contribution in [0.1, 0.15) is 29.4 Å². The molecule has 0 unspecified atom stereocenters. The van der Waals surface area contributed by atoms with E-state index in [0.717, 1.165) is 5.56 Å². The highest BCUT2D eigenvalue weighted by Crippen LogP contribution is 2.06. The van der Waals surface area contributed by atoms with Crippen molar-refractivity contribution in [2.75, 3.05) is 0 Å². The molecule has 20 heavy (non-hydrogen) atoms. The van der Waals surface area contributed by atoms with Crippen LogP contribution in [-0.2, 0) is 0 Å². The highest BCUT2D eigenvalue weighted by atomic mass is 19.1. The van der Waals surface area contributed by atoms with Crippen LogP contribution in [0.4, 0.5) is 4.39 Å². The zero-order valence-corrected chi connectivity index (χ0v) is 11.0. The van der Waals surface area contributed by atoms with E-state index in [1.54, 1.807) is 36.5 Å². The van der Waals surface area contributed by atoms with Gasteiger partial charge in [0.05, 0.1) is 5.71 Å². The minimum Gasteiger partial charge on any atom is -0.266 e. The monoisotopic (exact) mass is 271 g/mol. The van der Waals surface area contributed by atoms with Crippen molar-refractivity contribution in [3.05, 3.63) is 65.7 Å². The minimum absolute atomic E-state index is 0.297. The Hall–Kier alpha value is -2.56. The summed E-state index contributed by atoms with van der Waals surface area (Å²) in [6, 6.07) is 11.0. The third-order valence-corrected chi connectivity index (χ3v) is 2.70. The van der Waals surface area contributed by atoms with Crippen molar-refractivity contribution in [1.29, 1.82) is 0 Å². The Morgan fingerprint density at radius 2 is 2.00 bits per heavy atom. The van der Waals surface area contributed by atoms with Crippen molar-refractivity contribution in [2.45, 2.75) is 13.3 Å². The van der Waals surface area contributed by atoms with Gasteiger partial charge in [-0.15, -0.1) is 0 Å². The number of carbonyl (C=O) groups is 1. The second kappa shape index (κ2) is 6.56. The Morgan fingerprint density at radius 1 is 1.25 bits per heavy atom. The zero-order chi connectivity index (χ0) is 14.4. The lowest BCUT2D eigenvalue weighted by atomic mass is 10.1. The quantitative estimate of drug-likeness (QED) is 0.686. The number of benzene rings is 1. The van der Waals surface area contributed by atoms with Crippen LogP contribution in [0.25, 0.3) is 0 Å². The molecule has 2 aromatic rings. The first-order valence-corrected chi connectivity index (χ1v) is 6.24. The smallest absolute Gasteiger partial charge is 0.266 e. The Kier molecular flexibility index (Phi) is 4.55. The van der Waals surface area contributed by atoms with E-state index < -0.39 is 0 Å². The van der Waals surface area contributed by atoms with Gasteiger partial charge in [-0.1, -0.05) is 25.1 Å². The Bertz CT molecular complexity index is 609. The van der Waals surface area contributed by atoms with Crippen LogP contribution in [0.3, 0.4) is 0 Å². The van der Waals surface area contributed by atoms with Crippen LogP contribution in [0, 0.1) is 5.82 Å². The molecular weight excluding hydrogens is 257 g/mol. The van der Waals surface area contributed by atoms with Gasteiger partial charge in [0.2, 0.25) is 0 Å². The maximum absolute atomic E-state index is 12.9. The average molecular weight is 271 g/mol. The van der Waals surface area contributed by atoms with Gasteiger partial charge in [-0.05, 0) is 36.2 Å². The van der Waals surface area contributed by atoms with Crippen LogP contribution >= 0.6 is 0 Å². The summed E-state index contributed by atoms with van der Waals surface area (Å²) < 4.78 is 12.9.